The zero-order valence-electron chi connectivity index (χ0n) is 66.5. The number of fused-ring (bicyclic) bond motifs is 4. The second kappa shape index (κ2) is 34.5. The summed E-state index contributed by atoms with van der Waals surface area (Å²) < 4.78 is 13.1. The van der Waals surface area contributed by atoms with E-state index in [0.717, 1.165) is 150 Å². The van der Waals surface area contributed by atoms with E-state index in [1.54, 1.807) is 0 Å². The van der Waals surface area contributed by atoms with Crippen molar-refractivity contribution in [1.82, 2.24) is 39.9 Å². The van der Waals surface area contributed by atoms with Gasteiger partial charge < -0.3 is 19.4 Å². The van der Waals surface area contributed by atoms with Crippen LogP contribution in [0.25, 0.3) is 156 Å². The Bertz CT molecular complexity index is 6390. The van der Waals surface area contributed by atoms with Crippen LogP contribution in [0.2, 0.25) is 5.02 Å². The lowest BCUT2D eigenvalue weighted by atomic mass is 9.74. The largest absolute Gasteiger partial charge is 0.494 e. The molecule has 0 atom stereocenters. The minimum atomic E-state index is -1.45. The third kappa shape index (κ3) is 17.8. The quantitative estimate of drug-likeness (QED) is 0.0881. The van der Waals surface area contributed by atoms with Crippen LogP contribution in [0.5, 0.6) is 0 Å². The lowest BCUT2D eigenvalue weighted by Crippen LogP contribution is -2.41. The van der Waals surface area contributed by atoms with Gasteiger partial charge in [-0.15, -0.1) is 0 Å². The zero-order valence-corrected chi connectivity index (χ0v) is 68.9. The van der Waals surface area contributed by atoms with E-state index in [-0.39, 0.29) is 18.3 Å². The summed E-state index contributed by atoms with van der Waals surface area (Å²) in [5.41, 5.74) is 20.8. The Kier molecular flexibility index (Phi) is 23.1. The molecule has 1 fully saturated rings. The van der Waals surface area contributed by atoms with E-state index in [0.29, 0.717) is 22.1 Å². The van der Waals surface area contributed by atoms with Crippen LogP contribution in [0.1, 0.15) is 50.5 Å². The minimum Gasteiger partial charge on any atom is -0.423 e. The van der Waals surface area contributed by atoms with Crippen LogP contribution in [0.15, 0.2) is 344 Å². The molecule has 0 bridgehead atoms. The molecule has 1 saturated heterocycles. The number of nitrogens with zero attached hydrogens (tertiary/aromatic N) is 8. The van der Waals surface area contributed by atoms with Crippen molar-refractivity contribution in [3.05, 3.63) is 372 Å². The van der Waals surface area contributed by atoms with Gasteiger partial charge in [-0.3, -0.25) is 0 Å². The first-order chi connectivity index (χ1) is 57.2. The van der Waals surface area contributed by atoms with Crippen LogP contribution in [-0.2, 0) is 9.31 Å². The lowest BCUT2D eigenvalue weighted by molar-refractivity contribution is 0.00578. The van der Waals surface area contributed by atoms with Crippen molar-refractivity contribution >= 4 is 95.8 Å². The number of rotatable bonds is 12. The van der Waals surface area contributed by atoms with Crippen LogP contribution in [-0.4, -0.2) is 75.4 Å². The number of benzene rings is 14. The number of aromatic nitrogens is 8. The molecule has 12 nitrogen and oxygen atoms in total. The normalized spacial score (nSPS) is 12.6. The summed E-state index contributed by atoms with van der Waals surface area (Å²) in [5, 5.41) is 28.4. The standard InChI is InChI=1S/C48H34N4.C22H14BrClN2.C18H23BN2O2.C14H11BO2/c1-31-25-32(2)50-47(49-31)36-23-21-33(22-24-36)39-27-40(46-42-19-11-9-17-37(42)26-38-18-10-12-20-43(38)46)29-41(28-39)48-51-44(34-13-5-3-6-14-34)30-45(52-48)35-15-7-4-8-16-35;23-18-11-17(12-19(24)13-18)22-25-20(15-7-3-1-4-8-15)14-21(26-22)16-9-5-2-6-10-16;1-12-11-13(2)21-16(20-12)14-7-9-15(10-8-14)19-22-17(3,4)18(5,6)23-19;16-15(17)14-12-7-3-1-5-10(12)9-11-6-2-4-8-13(11)14/h3-30H,1-2H3;1-14H;7-11H,1-6H3;1-9,16-17H. The molecule has 118 heavy (non-hydrogen) atoms. The molecule has 1 aliphatic heterocycles. The lowest BCUT2D eigenvalue weighted by Gasteiger charge is -2.32. The fourth-order valence-electron chi connectivity index (χ4n) is 14.9. The Morgan fingerprint density at radius 3 is 0.992 bits per heavy atom. The molecule has 574 valence electrons. The van der Waals surface area contributed by atoms with Gasteiger partial charge in [0.15, 0.2) is 23.3 Å². The number of aryl methyl sites for hydroxylation is 4. The van der Waals surface area contributed by atoms with Crippen molar-refractivity contribution in [2.45, 2.75) is 66.6 Å². The highest BCUT2D eigenvalue weighted by Gasteiger charge is 2.51. The Balaban J connectivity index is 0.000000131. The Morgan fingerprint density at radius 2 is 0.610 bits per heavy atom. The predicted molar refractivity (Wildman–Crippen MR) is 490 cm³/mol. The van der Waals surface area contributed by atoms with Gasteiger partial charge in [-0.05, 0) is 204 Å². The molecule has 1 aliphatic rings. The summed E-state index contributed by atoms with van der Waals surface area (Å²) in [5.74, 6) is 2.81. The summed E-state index contributed by atoms with van der Waals surface area (Å²) in [6.45, 7) is 16.2. The Morgan fingerprint density at radius 1 is 0.297 bits per heavy atom. The van der Waals surface area contributed by atoms with Gasteiger partial charge >= 0.3 is 14.2 Å². The summed E-state index contributed by atoms with van der Waals surface area (Å²) >= 11 is 9.73. The molecule has 0 saturated carbocycles. The van der Waals surface area contributed by atoms with E-state index in [4.69, 9.17) is 50.8 Å². The highest BCUT2D eigenvalue weighted by molar-refractivity contribution is 9.10. The van der Waals surface area contributed by atoms with E-state index < -0.39 is 7.12 Å². The molecule has 4 aromatic heterocycles. The summed E-state index contributed by atoms with van der Waals surface area (Å²) in [6.07, 6.45) is 0. The third-order valence-electron chi connectivity index (χ3n) is 21.3. The number of hydrogen-bond donors (Lipinski definition) is 2. The highest BCUT2D eigenvalue weighted by atomic mass is 79.9. The van der Waals surface area contributed by atoms with Crippen molar-refractivity contribution in [2.75, 3.05) is 0 Å². The molecule has 0 amide bonds. The van der Waals surface area contributed by atoms with Gasteiger partial charge in [0.25, 0.3) is 0 Å². The Labute approximate surface area is 701 Å². The van der Waals surface area contributed by atoms with Crippen LogP contribution < -0.4 is 10.9 Å². The van der Waals surface area contributed by atoms with Crippen molar-refractivity contribution in [3.8, 4) is 113 Å². The SMILES string of the molecule is Cc1cc(C)nc(-c2ccc(-c3cc(-c4nc(-c5ccccc5)cc(-c5ccccc5)n4)cc(-c4c5ccccc5cc5ccccc45)c3)cc2)n1.Cc1cc(C)nc(-c2ccc(B3OC(C)(C)C(C)(C)O3)cc2)n1.Clc1cc(Br)cc(-c2nc(-c3ccccc3)cc(-c3ccccc3)n2)c1.OB(O)c1c2ccccc2cc2ccccc12. The van der Waals surface area contributed by atoms with Crippen molar-refractivity contribution < 1.29 is 19.4 Å². The van der Waals surface area contributed by atoms with Gasteiger partial charge in [-0.2, -0.15) is 0 Å². The number of halogens is 2. The maximum Gasteiger partial charge on any atom is 0.494 e. The van der Waals surface area contributed by atoms with Crippen LogP contribution in [0.3, 0.4) is 0 Å². The van der Waals surface area contributed by atoms with Gasteiger partial charge in [-0.1, -0.05) is 294 Å². The molecule has 0 radical (unpaired) electrons. The Hall–Kier alpha value is -12.8. The maximum atomic E-state index is 9.58. The summed E-state index contributed by atoms with van der Waals surface area (Å²) in [7, 11) is -1.79. The summed E-state index contributed by atoms with van der Waals surface area (Å²) in [4.78, 5) is 38.5. The van der Waals surface area contributed by atoms with Gasteiger partial charge in [0.2, 0.25) is 0 Å². The highest BCUT2D eigenvalue weighted by Crippen LogP contribution is 2.42. The van der Waals surface area contributed by atoms with Crippen molar-refractivity contribution in [3.63, 3.8) is 0 Å². The van der Waals surface area contributed by atoms with Gasteiger partial charge in [0.05, 0.1) is 34.0 Å². The zero-order chi connectivity index (χ0) is 81.6. The average Bonchev–Trinajstić information content (AvgIpc) is 0.880. The van der Waals surface area contributed by atoms with Gasteiger partial charge in [0, 0.05) is 76.8 Å². The monoisotopic (exact) mass is 1620 g/mol. The molecule has 0 unspecified atom stereocenters. The second-order valence-electron chi connectivity index (χ2n) is 30.4. The van der Waals surface area contributed by atoms with Crippen LogP contribution in [0, 0.1) is 27.7 Å². The fraction of sp³-hybridized carbons (Fsp3) is 0.0980. The van der Waals surface area contributed by atoms with E-state index >= 15 is 0 Å². The van der Waals surface area contributed by atoms with E-state index in [9.17, 15) is 10.0 Å². The first-order valence-corrected chi connectivity index (χ1v) is 40.4. The van der Waals surface area contributed by atoms with Crippen LogP contribution in [0.4, 0.5) is 0 Å². The molecule has 0 spiro atoms. The topological polar surface area (TPSA) is 162 Å². The van der Waals surface area contributed by atoms with Crippen molar-refractivity contribution in [2.24, 2.45) is 0 Å². The first kappa shape index (κ1) is 79.0. The minimum absolute atomic E-state index is 0.326. The second-order valence-corrected chi connectivity index (χ2v) is 31.7. The third-order valence-corrected chi connectivity index (χ3v) is 22.0. The molecule has 2 N–H and O–H groups in total. The van der Waals surface area contributed by atoms with Gasteiger partial charge in [-0.25, -0.2) is 39.9 Å². The van der Waals surface area contributed by atoms with E-state index in [1.165, 1.54) is 27.1 Å². The molecule has 5 heterocycles. The van der Waals surface area contributed by atoms with Gasteiger partial charge in [0.1, 0.15) is 0 Å². The number of hydrogen-bond acceptors (Lipinski definition) is 12. The fourth-order valence-corrected chi connectivity index (χ4v) is 15.7. The molecule has 19 rings (SSSR count). The molecular weight excluding hydrogens is 1540 g/mol. The molecular formula is C102H82B2BrClN8O4. The van der Waals surface area contributed by atoms with Crippen LogP contribution >= 0.6 is 27.5 Å². The van der Waals surface area contributed by atoms with E-state index in [1.807, 2.05) is 185 Å². The molecule has 16 heteroatoms. The van der Waals surface area contributed by atoms with Crippen molar-refractivity contribution in [1.29, 1.82) is 0 Å². The smallest absolute Gasteiger partial charge is 0.423 e. The average molecular weight is 1620 g/mol. The van der Waals surface area contributed by atoms with E-state index in [2.05, 4.69) is 236 Å². The first-order valence-electron chi connectivity index (χ1n) is 39.2. The summed E-state index contributed by atoms with van der Waals surface area (Å²) in [6, 6.07) is 115. The maximum absolute atomic E-state index is 9.58. The predicted octanol–water partition coefficient (Wildman–Crippen LogP) is 23.8. The molecule has 0 aliphatic carbocycles. The molecule has 14 aromatic carbocycles. The molecule has 18 aromatic rings.